The number of fused-ring (bicyclic) bond motifs is 1. The Balaban J connectivity index is 1.58. The molecule has 7 nitrogen and oxygen atoms in total. The van der Waals surface area contributed by atoms with Gasteiger partial charge >= 0.3 is 0 Å². The molecule has 2 amide bonds. The monoisotopic (exact) mass is 468 g/mol. The second-order valence-electron chi connectivity index (χ2n) is 7.61. The van der Waals surface area contributed by atoms with Crippen LogP contribution in [0.2, 0.25) is 5.02 Å². The van der Waals surface area contributed by atoms with E-state index in [4.69, 9.17) is 11.6 Å². The zero-order valence-corrected chi connectivity index (χ0v) is 19.1. The van der Waals surface area contributed by atoms with Crippen molar-refractivity contribution in [1.82, 2.24) is 9.97 Å². The van der Waals surface area contributed by atoms with Crippen molar-refractivity contribution in [1.29, 1.82) is 0 Å². The van der Waals surface area contributed by atoms with Gasteiger partial charge in [-0.3, -0.25) is 14.4 Å². The first-order valence-corrected chi connectivity index (χ1v) is 11.4. The summed E-state index contributed by atoms with van der Waals surface area (Å²) in [6.45, 7) is 3.80. The van der Waals surface area contributed by atoms with Crippen LogP contribution in [0.15, 0.2) is 52.4 Å². The van der Waals surface area contributed by atoms with Gasteiger partial charge in [-0.25, -0.2) is 4.98 Å². The van der Waals surface area contributed by atoms with Crippen LogP contribution in [-0.2, 0) is 15.3 Å². The molecule has 0 unspecified atom stereocenters. The van der Waals surface area contributed by atoms with Crippen LogP contribution < -0.4 is 16.2 Å². The maximum atomic E-state index is 13.0. The molecule has 3 N–H and O–H groups in total. The number of carbonyl (C=O) groups excluding carboxylic acids is 2. The molecule has 164 valence electrons. The predicted octanol–water partition coefficient (Wildman–Crippen LogP) is 4.40. The number of halogens is 1. The van der Waals surface area contributed by atoms with E-state index in [1.807, 2.05) is 31.2 Å². The van der Waals surface area contributed by atoms with Crippen LogP contribution in [0, 0.1) is 13.8 Å². The molecular weight excluding hydrogens is 448 g/mol. The van der Waals surface area contributed by atoms with Gasteiger partial charge in [0.2, 0.25) is 11.8 Å². The molecule has 0 aliphatic carbocycles. The molecule has 1 aliphatic heterocycles. The lowest BCUT2D eigenvalue weighted by molar-refractivity contribution is -0.123. The minimum atomic E-state index is -0.954. The summed E-state index contributed by atoms with van der Waals surface area (Å²) in [7, 11) is 0. The minimum Gasteiger partial charge on any atom is -0.325 e. The molecule has 0 radical (unpaired) electrons. The molecule has 0 saturated carbocycles. The van der Waals surface area contributed by atoms with Crippen LogP contribution in [-0.4, -0.2) is 21.8 Å². The van der Waals surface area contributed by atoms with E-state index in [0.29, 0.717) is 27.2 Å². The zero-order chi connectivity index (χ0) is 22.8. The van der Waals surface area contributed by atoms with Crippen molar-refractivity contribution in [2.75, 3.05) is 10.6 Å². The van der Waals surface area contributed by atoms with E-state index in [2.05, 4.69) is 20.6 Å². The Morgan fingerprint density at radius 3 is 2.69 bits per heavy atom. The highest BCUT2D eigenvalue weighted by molar-refractivity contribution is 7.98. The molecule has 32 heavy (non-hydrogen) atoms. The maximum Gasteiger partial charge on any atom is 0.257 e. The number of anilines is 2. The Hall–Kier alpha value is -3.10. The Morgan fingerprint density at radius 1 is 1.19 bits per heavy atom. The standard InChI is InChI=1S/C23H21ClN4O3S/c1-12-6-8-14(9-7-12)11-32-23-27-20-19(22(31)28-23)15(10-18(29)26-20)21(30)25-17-5-3-4-16(24)13(17)2/h3-9,15H,10-11H2,1-2H3,(H,25,30)(H2,26,27,28,29,31)/t15-/m0/s1. The average molecular weight is 469 g/mol. The normalized spacial score (nSPS) is 15.1. The molecule has 0 fully saturated rings. The largest absolute Gasteiger partial charge is 0.325 e. The number of hydrogen-bond acceptors (Lipinski definition) is 5. The van der Waals surface area contributed by atoms with Crippen molar-refractivity contribution in [3.05, 3.63) is 80.1 Å². The summed E-state index contributed by atoms with van der Waals surface area (Å²) in [5.74, 6) is -1.05. The van der Waals surface area contributed by atoms with E-state index in [1.165, 1.54) is 17.3 Å². The minimum absolute atomic E-state index is 0.124. The third-order valence-corrected chi connectivity index (χ3v) is 6.62. The summed E-state index contributed by atoms with van der Waals surface area (Å²) >= 11 is 7.48. The number of amides is 2. The molecular formula is C23H21ClN4O3S. The number of H-pyrrole nitrogens is 1. The van der Waals surface area contributed by atoms with Crippen molar-refractivity contribution in [2.45, 2.75) is 37.1 Å². The summed E-state index contributed by atoms with van der Waals surface area (Å²) in [4.78, 5) is 45.3. The highest BCUT2D eigenvalue weighted by atomic mass is 35.5. The number of carbonyl (C=O) groups is 2. The van der Waals surface area contributed by atoms with Gasteiger partial charge in [-0.2, -0.15) is 0 Å². The van der Waals surface area contributed by atoms with Gasteiger partial charge < -0.3 is 15.6 Å². The highest BCUT2D eigenvalue weighted by Gasteiger charge is 2.35. The first-order valence-electron chi connectivity index (χ1n) is 10.00. The van der Waals surface area contributed by atoms with E-state index >= 15 is 0 Å². The molecule has 3 aromatic rings. The van der Waals surface area contributed by atoms with Crippen molar-refractivity contribution in [3.8, 4) is 0 Å². The SMILES string of the molecule is Cc1ccc(CSc2nc3c(c(=O)[nH]2)[C@@H](C(=O)Nc2cccc(Cl)c2C)CC(=O)N3)cc1. The Kier molecular flexibility index (Phi) is 6.34. The van der Waals surface area contributed by atoms with Gasteiger partial charge in [0.15, 0.2) is 5.16 Å². The number of benzene rings is 2. The van der Waals surface area contributed by atoms with Gasteiger partial charge in [-0.05, 0) is 37.1 Å². The van der Waals surface area contributed by atoms with Gasteiger partial charge in [-0.15, -0.1) is 0 Å². The van der Waals surface area contributed by atoms with Crippen LogP contribution in [0.4, 0.5) is 11.5 Å². The van der Waals surface area contributed by atoms with Crippen LogP contribution >= 0.6 is 23.4 Å². The fourth-order valence-electron chi connectivity index (χ4n) is 3.44. The van der Waals surface area contributed by atoms with Crippen molar-refractivity contribution < 1.29 is 9.59 Å². The lowest BCUT2D eigenvalue weighted by Crippen LogP contribution is -2.36. The molecule has 4 rings (SSSR count). The first-order chi connectivity index (χ1) is 15.3. The van der Waals surface area contributed by atoms with E-state index in [1.54, 1.807) is 25.1 Å². The Bertz CT molecular complexity index is 1260. The molecule has 0 saturated heterocycles. The number of thioether (sulfide) groups is 1. The third kappa shape index (κ3) is 4.71. The highest BCUT2D eigenvalue weighted by Crippen LogP contribution is 2.32. The number of aromatic amines is 1. The number of hydrogen-bond donors (Lipinski definition) is 3. The second-order valence-corrected chi connectivity index (χ2v) is 8.99. The summed E-state index contributed by atoms with van der Waals surface area (Å²) in [5.41, 5.74) is 3.20. The summed E-state index contributed by atoms with van der Waals surface area (Å²) < 4.78 is 0. The van der Waals surface area contributed by atoms with E-state index < -0.39 is 17.4 Å². The third-order valence-electron chi connectivity index (χ3n) is 5.27. The van der Waals surface area contributed by atoms with Crippen LogP contribution in [0.25, 0.3) is 0 Å². The molecule has 9 heteroatoms. The molecule has 1 atom stereocenters. The molecule has 2 aromatic carbocycles. The second kappa shape index (κ2) is 9.18. The van der Waals surface area contributed by atoms with Crippen molar-refractivity contribution >= 4 is 46.7 Å². The zero-order valence-electron chi connectivity index (χ0n) is 17.5. The van der Waals surface area contributed by atoms with Gasteiger partial charge in [0.1, 0.15) is 5.82 Å². The van der Waals surface area contributed by atoms with Crippen molar-refractivity contribution in [2.24, 2.45) is 0 Å². The fraction of sp³-hybridized carbons (Fsp3) is 0.217. The molecule has 2 heterocycles. The fourth-order valence-corrected chi connectivity index (χ4v) is 4.43. The average Bonchev–Trinajstić information content (AvgIpc) is 2.75. The topological polar surface area (TPSA) is 104 Å². The van der Waals surface area contributed by atoms with E-state index in [-0.39, 0.29) is 23.7 Å². The van der Waals surface area contributed by atoms with Gasteiger partial charge in [0.25, 0.3) is 5.56 Å². The van der Waals surface area contributed by atoms with Crippen LogP contribution in [0.3, 0.4) is 0 Å². The number of rotatable bonds is 5. The summed E-state index contributed by atoms with van der Waals surface area (Å²) in [5, 5.41) is 6.31. The van der Waals surface area contributed by atoms with E-state index in [0.717, 1.165) is 5.56 Å². The van der Waals surface area contributed by atoms with Crippen LogP contribution in [0.1, 0.15) is 34.6 Å². The summed E-state index contributed by atoms with van der Waals surface area (Å²) in [6, 6.07) is 13.2. The molecule has 1 aliphatic rings. The van der Waals surface area contributed by atoms with Gasteiger partial charge in [0, 0.05) is 22.9 Å². The smallest absolute Gasteiger partial charge is 0.257 e. The van der Waals surface area contributed by atoms with Crippen molar-refractivity contribution in [3.63, 3.8) is 0 Å². The lowest BCUT2D eigenvalue weighted by atomic mass is 9.92. The first kappa shape index (κ1) is 22.1. The molecule has 1 aromatic heterocycles. The Labute approximate surface area is 194 Å². The quantitative estimate of drug-likeness (QED) is 0.380. The van der Waals surface area contributed by atoms with Gasteiger partial charge in [0.05, 0.1) is 11.5 Å². The number of aryl methyl sites for hydroxylation is 1. The Morgan fingerprint density at radius 2 is 1.94 bits per heavy atom. The maximum absolute atomic E-state index is 13.0. The number of nitrogens with zero attached hydrogens (tertiary/aromatic N) is 1. The molecule has 0 spiro atoms. The number of nitrogens with one attached hydrogen (secondary N) is 3. The number of aromatic nitrogens is 2. The van der Waals surface area contributed by atoms with Crippen LogP contribution in [0.5, 0.6) is 0 Å². The lowest BCUT2D eigenvalue weighted by Gasteiger charge is -2.24. The summed E-state index contributed by atoms with van der Waals surface area (Å²) in [6.07, 6.45) is -0.140. The van der Waals surface area contributed by atoms with Gasteiger partial charge in [-0.1, -0.05) is 59.3 Å². The van der Waals surface area contributed by atoms with E-state index in [9.17, 15) is 14.4 Å². The predicted molar refractivity (Wildman–Crippen MR) is 126 cm³/mol. The molecule has 0 bridgehead atoms.